The van der Waals surface area contributed by atoms with E-state index in [1.807, 2.05) is 6.92 Å². The molecule has 1 rings (SSSR count). The molecular formula is C17H34O5. The summed E-state index contributed by atoms with van der Waals surface area (Å²) in [5.41, 5.74) is 0.368. The van der Waals surface area contributed by atoms with Crippen molar-refractivity contribution in [3.05, 3.63) is 0 Å². The van der Waals surface area contributed by atoms with E-state index in [9.17, 15) is 10.2 Å². The maximum Gasteiger partial charge on any atom is 0.187 e. The Bertz CT molecular complexity index is 315. The first kappa shape index (κ1) is 19.8. The molecule has 1 fully saturated rings. The molecule has 1 heterocycles. The number of hydrogen-bond acceptors (Lipinski definition) is 5. The standard InChI is InChI=1S/C17H34O5/c1-11(9-7-8-10-17(3,4)5)21-16-15(20-6)14(19)13(18)12(2)22-16/h11-16,18-19H,7-10H2,1-6H3. The van der Waals surface area contributed by atoms with Gasteiger partial charge in [-0.05, 0) is 32.1 Å². The Labute approximate surface area is 135 Å². The highest BCUT2D eigenvalue weighted by atomic mass is 16.7. The number of hydrogen-bond donors (Lipinski definition) is 2. The molecule has 5 heteroatoms. The van der Waals surface area contributed by atoms with Gasteiger partial charge >= 0.3 is 0 Å². The first-order valence-electron chi connectivity index (χ1n) is 8.35. The van der Waals surface area contributed by atoms with Gasteiger partial charge in [-0.3, -0.25) is 0 Å². The number of ether oxygens (including phenoxy) is 3. The molecule has 132 valence electrons. The molecule has 0 aromatic heterocycles. The van der Waals surface area contributed by atoms with Crippen molar-refractivity contribution >= 4 is 0 Å². The summed E-state index contributed by atoms with van der Waals surface area (Å²) in [6.45, 7) is 10.5. The smallest absolute Gasteiger partial charge is 0.187 e. The summed E-state index contributed by atoms with van der Waals surface area (Å²) in [4.78, 5) is 0. The van der Waals surface area contributed by atoms with Gasteiger partial charge in [-0.2, -0.15) is 0 Å². The third-order valence-corrected chi connectivity index (χ3v) is 4.21. The van der Waals surface area contributed by atoms with Crippen LogP contribution in [0, 0.1) is 5.41 Å². The van der Waals surface area contributed by atoms with E-state index in [4.69, 9.17) is 14.2 Å². The Morgan fingerprint density at radius 2 is 1.77 bits per heavy atom. The molecule has 22 heavy (non-hydrogen) atoms. The van der Waals surface area contributed by atoms with Crippen LogP contribution in [0.5, 0.6) is 0 Å². The highest BCUT2D eigenvalue weighted by Crippen LogP contribution is 2.26. The van der Waals surface area contributed by atoms with Crippen molar-refractivity contribution in [1.82, 2.24) is 0 Å². The minimum Gasteiger partial charge on any atom is -0.388 e. The molecule has 5 nitrogen and oxygen atoms in total. The summed E-state index contributed by atoms with van der Waals surface area (Å²) in [5.74, 6) is 0. The van der Waals surface area contributed by atoms with Gasteiger partial charge in [0.25, 0.3) is 0 Å². The van der Waals surface area contributed by atoms with Crippen molar-refractivity contribution in [3.8, 4) is 0 Å². The molecule has 1 saturated heterocycles. The van der Waals surface area contributed by atoms with Crippen molar-refractivity contribution in [3.63, 3.8) is 0 Å². The van der Waals surface area contributed by atoms with Crippen LogP contribution in [0.4, 0.5) is 0 Å². The highest BCUT2D eigenvalue weighted by molar-refractivity contribution is 4.88. The minimum atomic E-state index is -0.994. The Morgan fingerprint density at radius 1 is 1.14 bits per heavy atom. The van der Waals surface area contributed by atoms with Gasteiger partial charge in [0.2, 0.25) is 0 Å². The first-order valence-corrected chi connectivity index (χ1v) is 8.35. The van der Waals surface area contributed by atoms with Gasteiger partial charge in [-0.25, -0.2) is 0 Å². The normalized spacial score (nSPS) is 34.6. The van der Waals surface area contributed by atoms with Gasteiger partial charge in [0, 0.05) is 7.11 Å². The molecule has 0 saturated carbocycles. The molecule has 0 amide bonds. The van der Waals surface area contributed by atoms with Gasteiger partial charge in [0.15, 0.2) is 6.29 Å². The van der Waals surface area contributed by atoms with Crippen LogP contribution in [-0.2, 0) is 14.2 Å². The van der Waals surface area contributed by atoms with Crippen molar-refractivity contribution < 1.29 is 24.4 Å². The fourth-order valence-corrected chi connectivity index (χ4v) is 2.75. The lowest BCUT2D eigenvalue weighted by molar-refractivity contribution is -0.307. The first-order chi connectivity index (χ1) is 10.2. The summed E-state index contributed by atoms with van der Waals surface area (Å²) < 4.78 is 16.8. The molecular weight excluding hydrogens is 284 g/mol. The van der Waals surface area contributed by atoms with Crippen LogP contribution in [0.2, 0.25) is 0 Å². The quantitative estimate of drug-likeness (QED) is 0.706. The monoisotopic (exact) mass is 318 g/mol. The molecule has 6 unspecified atom stereocenters. The molecule has 2 N–H and O–H groups in total. The molecule has 0 aromatic rings. The van der Waals surface area contributed by atoms with E-state index in [1.165, 1.54) is 20.0 Å². The Hall–Kier alpha value is -0.200. The summed E-state index contributed by atoms with van der Waals surface area (Å²) in [7, 11) is 1.49. The van der Waals surface area contributed by atoms with E-state index in [1.54, 1.807) is 6.92 Å². The summed E-state index contributed by atoms with van der Waals surface area (Å²) in [6.07, 6.45) is 0.717. The molecule has 0 spiro atoms. The molecule has 0 radical (unpaired) electrons. The number of aliphatic hydroxyl groups excluding tert-OH is 2. The average molecular weight is 318 g/mol. The Balaban J connectivity index is 2.40. The summed E-state index contributed by atoms with van der Waals surface area (Å²) in [6, 6.07) is 0. The average Bonchev–Trinajstić information content (AvgIpc) is 2.40. The van der Waals surface area contributed by atoms with E-state index in [0.717, 1.165) is 12.8 Å². The lowest BCUT2D eigenvalue weighted by atomic mass is 9.89. The zero-order valence-corrected chi connectivity index (χ0v) is 14.9. The van der Waals surface area contributed by atoms with Gasteiger partial charge in [0.1, 0.15) is 18.3 Å². The zero-order valence-electron chi connectivity index (χ0n) is 14.9. The lowest BCUT2D eigenvalue weighted by Crippen LogP contribution is -2.58. The predicted molar refractivity (Wildman–Crippen MR) is 85.6 cm³/mol. The molecule has 6 atom stereocenters. The van der Waals surface area contributed by atoms with Crippen molar-refractivity contribution in [2.45, 2.75) is 97.1 Å². The van der Waals surface area contributed by atoms with Crippen LogP contribution in [0.15, 0.2) is 0 Å². The zero-order chi connectivity index (χ0) is 16.9. The maximum atomic E-state index is 10.1. The predicted octanol–water partition coefficient (Wildman–Crippen LogP) is 2.48. The fourth-order valence-electron chi connectivity index (χ4n) is 2.75. The van der Waals surface area contributed by atoms with Crippen LogP contribution >= 0.6 is 0 Å². The van der Waals surface area contributed by atoms with Gasteiger partial charge in [-0.1, -0.05) is 33.6 Å². The van der Waals surface area contributed by atoms with Gasteiger partial charge in [-0.15, -0.1) is 0 Å². The van der Waals surface area contributed by atoms with Crippen molar-refractivity contribution in [2.24, 2.45) is 5.41 Å². The van der Waals surface area contributed by atoms with Crippen LogP contribution < -0.4 is 0 Å². The molecule has 0 aliphatic carbocycles. The van der Waals surface area contributed by atoms with Crippen LogP contribution in [-0.4, -0.2) is 54.1 Å². The molecule has 0 bridgehead atoms. The molecule has 1 aliphatic rings. The van der Waals surface area contributed by atoms with Crippen molar-refractivity contribution in [2.75, 3.05) is 7.11 Å². The number of aliphatic hydroxyl groups is 2. The number of unbranched alkanes of at least 4 members (excludes halogenated alkanes) is 1. The van der Waals surface area contributed by atoms with Crippen molar-refractivity contribution in [1.29, 1.82) is 0 Å². The highest BCUT2D eigenvalue weighted by Gasteiger charge is 2.44. The van der Waals surface area contributed by atoms with E-state index >= 15 is 0 Å². The lowest BCUT2D eigenvalue weighted by Gasteiger charge is -2.41. The summed E-state index contributed by atoms with van der Waals surface area (Å²) in [5, 5.41) is 19.9. The molecule has 1 aliphatic heterocycles. The SMILES string of the molecule is COC1C(OC(C)CCCCC(C)(C)C)OC(C)C(O)C1O. The van der Waals surface area contributed by atoms with Crippen LogP contribution in [0.25, 0.3) is 0 Å². The summed E-state index contributed by atoms with van der Waals surface area (Å²) >= 11 is 0. The van der Waals surface area contributed by atoms with E-state index in [2.05, 4.69) is 20.8 Å². The van der Waals surface area contributed by atoms with E-state index < -0.39 is 30.7 Å². The topological polar surface area (TPSA) is 68.2 Å². The maximum absolute atomic E-state index is 10.1. The Kier molecular flexibility index (Phi) is 7.75. The van der Waals surface area contributed by atoms with Gasteiger partial charge in [0.05, 0.1) is 12.2 Å². The third kappa shape index (κ3) is 6.13. The second-order valence-corrected chi connectivity index (χ2v) is 7.64. The number of methoxy groups -OCH3 is 1. The third-order valence-electron chi connectivity index (χ3n) is 4.21. The van der Waals surface area contributed by atoms with E-state index in [-0.39, 0.29) is 6.10 Å². The fraction of sp³-hybridized carbons (Fsp3) is 1.00. The largest absolute Gasteiger partial charge is 0.388 e. The van der Waals surface area contributed by atoms with Gasteiger partial charge < -0.3 is 24.4 Å². The second-order valence-electron chi connectivity index (χ2n) is 7.64. The minimum absolute atomic E-state index is 0.0252. The van der Waals surface area contributed by atoms with Crippen LogP contribution in [0.1, 0.15) is 60.3 Å². The van der Waals surface area contributed by atoms with Crippen LogP contribution in [0.3, 0.4) is 0 Å². The number of rotatable bonds is 7. The Morgan fingerprint density at radius 3 is 2.32 bits per heavy atom. The van der Waals surface area contributed by atoms with E-state index in [0.29, 0.717) is 5.41 Å². The second kappa shape index (κ2) is 8.60. The molecule has 0 aromatic carbocycles.